The van der Waals surface area contributed by atoms with E-state index in [-0.39, 0.29) is 29.2 Å². The van der Waals surface area contributed by atoms with Gasteiger partial charge in [-0.1, -0.05) is 22.8 Å². The number of halogens is 3. The Labute approximate surface area is 188 Å². The summed E-state index contributed by atoms with van der Waals surface area (Å²) >= 11 is 6.24. The van der Waals surface area contributed by atoms with Crippen molar-refractivity contribution in [2.75, 3.05) is 18.0 Å². The van der Waals surface area contributed by atoms with E-state index in [1.165, 1.54) is 12.1 Å². The van der Waals surface area contributed by atoms with E-state index >= 15 is 0 Å². The number of carbonyl (C=O) groups is 1. The first kappa shape index (κ1) is 21.8. The monoisotopic (exact) mass is 456 g/mol. The van der Waals surface area contributed by atoms with Gasteiger partial charge < -0.3 is 14.3 Å². The summed E-state index contributed by atoms with van der Waals surface area (Å²) in [5.41, 5.74) is 1.55. The summed E-state index contributed by atoms with van der Waals surface area (Å²) in [6.45, 7) is 2.72. The molecule has 1 fully saturated rings. The van der Waals surface area contributed by atoms with Crippen LogP contribution in [0, 0.1) is 29.9 Å². The molecule has 3 aromatic rings. The van der Waals surface area contributed by atoms with Gasteiger partial charge in [-0.25, -0.2) is 8.78 Å². The number of nitrogens with zero attached hydrogens (tertiary/aromatic N) is 4. The zero-order valence-electron chi connectivity index (χ0n) is 17.2. The molecule has 1 amide bonds. The number of aryl methyl sites for hydroxylation is 1. The summed E-state index contributed by atoms with van der Waals surface area (Å²) in [6.07, 6.45) is 0.628. The van der Waals surface area contributed by atoms with Crippen molar-refractivity contribution in [1.29, 1.82) is 5.26 Å². The molecule has 0 unspecified atom stereocenters. The minimum Gasteiger partial charge on any atom is -0.362 e. The third kappa shape index (κ3) is 4.43. The highest BCUT2D eigenvalue weighted by molar-refractivity contribution is 6.32. The summed E-state index contributed by atoms with van der Waals surface area (Å²) < 4.78 is 32.8. The number of rotatable bonds is 5. The van der Waals surface area contributed by atoms with Gasteiger partial charge >= 0.3 is 0 Å². The van der Waals surface area contributed by atoms with Gasteiger partial charge in [0.25, 0.3) is 5.91 Å². The standard InChI is InChI=1S/C23H19ClF2N4O2/c1-14-8-22(28-32-14)23(31)29-7-6-19(13-29)30(12-16-2-4-17(25)9-21(16)26)18-5-3-15(11-27)20(24)10-18/h2-5,8-10,19H,6-7,12-13H2,1H3/t19-/m0/s1. The minimum atomic E-state index is -0.654. The Morgan fingerprint density at radius 3 is 2.78 bits per heavy atom. The van der Waals surface area contributed by atoms with E-state index in [2.05, 4.69) is 5.16 Å². The number of hydrogen-bond acceptors (Lipinski definition) is 5. The average Bonchev–Trinajstić information content (AvgIpc) is 3.42. The lowest BCUT2D eigenvalue weighted by atomic mass is 10.1. The molecule has 1 aliphatic rings. The fourth-order valence-electron chi connectivity index (χ4n) is 3.85. The van der Waals surface area contributed by atoms with Gasteiger partial charge in [0, 0.05) is 49.1 Å². The van der Waals surface area contributed by atoms with Crippen LogP contribution in [0.3, 0.4) is 0 Å². The zero-order valence-corrected chi connectivity index (χ0v) is 17.9. The molecule has 0 aliphatic carbocycles. The highest BCUT2D eigenvalue weighted by atomic mass is 35.5. The maximum Gasteiger partial charge on any atom is 0.276 e. The fourth-order valence-corrected chi connectivity index (χ4v) is 4.06. The molecule has 1 aliphatic heterocycles. The highest BCUT2D eigenvalue weighted by Crippen LogP contribution is 2.30. The van der Waals surface area contributed by atoms with Crippen LogP contribution < -0.4 is 4.90 Å². The number of likely N-dealkylation sites (tertiary alicyclic amines) is 1. The van der Waals surface area contributed by atoms with E-state index in [0.717, 1.165) is 6.07 Å². The van der Waals surface area contributed by atoms with Gasteiger partial charge in [-0.3, -0.25) is 4.79 Å². The van der Waals surface area contributed by atoms with E-state index in [9.17, 15) is 18.8 Å². The van der Waals surface area contributed by atoms with E-state index in [1.807, 2.05) is 11.0 Å². The van der Waals surface area contributed by atoms with Crippen molar-refractivity contribution in [3.8, 4) is 6.07 Å². The fraction of sp³-hybridized carbons (Fsp3) is 0.261. The van der Waals surface area contributed by atoms with Gasteiger partial charge in [0.2, 0.25) is 0 Å². The van der Waals surface area contributed by atoms with E-state index < -0.39 is 11.6 Å². The summed E-state index contributed by atoms with van der Waals surface area (Å²) in [6, 6.07) is 11.9. The van der Waals surface area contributed by atoms with Crippen LogP contribution in [0.15, 0.2) is 47.0 Å². The van der Waals surface area contributed by atoms with Crippen molar-refractivity contribution < 1.29 is 18.1 Å². The zero-order chi connectivity index (χ0) is 22.8. The Bertz CT molecular complexity index is 1210. The molecule has 1 aromatic heterocycles. The van der Waals surface area contributed by atoms with Crippen molar-refractivity contribution in [3.05, 3.63) is 81.7 Å². The van der Waals surface area contributed by atoms with Gasteiger partial charge in [0.15, 0.2) is 5.69 Å². The Morgan fingerprint density at radius 2 is 2.12 bits per heavy atom. The quantitative estimate of drug-likeness (QED) is 0.556. The van der Waals surface area contributed by atoms with Crippen LogP contribution in [-0.2, 0) is 6.54 Å². The molecule has 9 heteroatoms. The number of anilines is 1. The third-order valence-electron chi connectivity index (χ3n) is 5.50. The minimum absolute atomic E-state index is 0.143. The molecule has 0 saturated carbocycles. The first-order valence-corrected chi connectivity index (χ1v) is 10.4. The van der Waals surface area contributed by atoms with Gasteiger partial charge in [-0.05, 0) is 37.6 Å². The lowest BCUT2D eigenvalue weighted by Crippen LogP contribution is -2.39. The summed E-state index contributed by atoms with van der Waals surface area (Å²) in [5.74, 6) is -1.00. The molecule has 0 radical (unpaired) electrons. The number of hydrogen-bond donors (Lipinski definition) is 0. The normalized spacial score (nSPS) is 15.6. The molecule has 164 valence electrons. The smallest absolute Gasteiger partial charge is 0.276 e. The lowest BCUT2D eigenvalue weighted by Gasteiger charge is -2.32. The molecule has 2 heterocycles. The molecule has 2 aromatic carbocycles. The average molecular weight is 457 g/mol. The molecule has 1 atom stereocenters. The second-order valence-electron chi connectivity index (χ2n) is 7.66. The molecular formula is C23H19ClF2N4O2. The summed E-state index contributed by atoms with van der Waals surface area (Å²) in [7, 11) is 0. The van der Waals surface area contributed by atoms with E-state index in [1.54, 1.807) is 36.1 Å². The number of aromatic nitrogens is 1. The number of amides is 1. The predicted molar refractivity (Wildman–Crippen MR) is 114 cm³/mol. The van der Waals surface area contributed by atoms with Crippen molar-refractivity contribution >= 4 is 23.2 Å². The lowest BCUT2D eigenvalue weighted by molar-refractivity contribution is 0.0780. The highest BCUT2D eigenvalue weighted by Gasteiger charge is 2.33. The van der Waals surface area contributed by atoms with Gasteiger partial charge in [0.1, 0.15) is 23.5 Å². The second kappa shape index (κ2) is 8.97. The SMILES string of the molecule is Cc1cc(C(=O)N2CC[C@H](N(Cc3ccc(F)cc3F)c3ccc(C#N)c(Cl)c3)C2)no1. The van der Waals surface area contributed by atoms with Crippen molar-refractivity contribution in [3.63, 3.8) is 0 Å². The van der Waals surface area contributed by atoms with E-state index in [0.29, 0.717) is 42.1 Å². The molecule has 4 rings (SSSR count). The Hall–Kier alpha value is -3.44. The first-order valence-electron chi connectivity index (χ1n) is 9.98. The Balaban J connectivity index is 1.62. The van der Waals surface area contributed by atoms with Crippen molar-refractivity contribution in [2.24, 2.45) is 0 Å². The van der Waals surface area contributed by atoms with Crippen LogP contribution in [0.5, 0.6) is 0 Å². The molecule has 0 bridgehead atoms. The van der Waals surface area contributed by atoms with Crippen molar-refractivity contribution in [2.45, 2.75) is 25.9 Å². The molecule has 0 spiro atoms. The van der Waals surface area contributed by atoms with Gasteiger partial charge in [0.05, 0.1) is 10.6 Å². The molecule has 32 heavy (non-hydrogen) atoms. The predicted octanol–water partition coefficient (Wildman–Crippen LogP) is 4.71. The van der Waals surface area contributed by atoms with Gasteiger partial charge in [-0.2, -0.15) is 5.26 Å². The maximum absolute atomic E-state index is 14.4. The van der Waals surface area contributed by atoms with Crippen LogP contribution in [0.25, 0.3) is 0 Å². The summed E-state index contributed by atoms with van der Waals surface area (Å²) in [5, 5.41) is 13.2. The molecule has 6 nitrogen and oxygen atoms in total. The van der Waals surface area contributed by atoms with Crippen LogP contribution in [0.4, 0.5) is 14.5 Å². The van der Waals surface area contributed by atoms with Crippen LogP contribution in [0.1, 0.15) is 33.8 Å². The van der Waals surface area contributed by atoms with Gasteiger partial charge in [-0.15, -0.1) is 0 Å². The topological polar surface area (TPSA) is 73.4 Å². The largest absolute Gasteiger partial charge is 0.362 e. The summed E-state index contributed by atoms with van der Waals surface area (Å²) in [4.78, 5) is 16.4. The van der Waals surface area contributed by atoms with Crippen LogP contribution in [0.2, 0.25) is 5.02 Å². The Kier molecular flexibility index (Phi) is 6.10. The van der Waals surface area contributed by atoms with Crippen LogP contribution in [-0.4, -0.2) is 35.1 Å². The maximum atomic E-state index is 14.4. The number of nitriles is 1. The third-order valence-corrected chi connectivity index (χ3v) is 5.81. The molecule has 1 saturated heterocycles. The Morgan fingerprint density at radius 1 is 1.31 bits per heavy atom. The number of benzene rings is 2. The number of carbonyl (C=O) groups excluding carboxylic acids is 1. The molecular weight excluding hydrogens is 438 g/mol. The van der Waals surface area contributed by atoms with Crippen molar-refractivity contribution in [1.82, 2.24) is 10.1 Å². The first-order chi connectivity index (χ1) is 15.4. The van der Waals surface area contributed by atoms with Crippen LogP contribution >= 0.6 is 11.6 Å². The van der Waals surface area contributed by atoms with E-state index in [4.69, 9.17) is 16.1 Å². The molecule has 0 N–H and O–H groups in total. The second-order valence-corrected chi connectivity index (χ2v) is 8.06.